The van der Waals surface area contributed by atoms with Crippen LogP contribution in [0.15, 0.2) is 46.9 Å². The topological polar surface area (TPSA) is 105 Å². The van der Waals surface area contributed by atoms with Gasteiger partial charge in [-0.1, -0.05) is 24.3 Å². The molecule has 9 heteroatoms. The number of hydrogen-bond donors (Lipinski definition) is 1. The Morgan fingerprint density at radius 3 is 2.81 bits per heavy atom. The molecule has 0 aliphatic heterocycles. The van der Waals surface area contributed by atoms with Crippen molar-refractivity contribution in [2.75, 3.05) is 0 Å². The molecular formula is C22H16FN5O2S. The summed E-state index contributed by atoms with van der Waals surface area (Å²) < 4.78 is 20.6. The van der Waals surface area contributed by atoms with Crippen LogP contribution in [0.4, 0.5) is 4.39 Å². The highest BCUT2D eigenvalue weighted by atomic mass is 32.1. The summed E-state index contributed by atoms with van der Waals surface area (Å²) in [6.45, 7) is 0. The van der Waals surface area contributed by atoms with E-state index in [0.29, 0.717) is 30.7 Å². The van der Waals surface area contributed by atoms with Crippen LogP contribution < -0.4 is 5.32 Å². The van der Waals surface area contributed by atoms with Gasteiger partial charge in [0.2, 0.25) is 17.7 Å². The molecule has 0 unspecified atom stereocenters. The molecule has 4 aromatic rings. The summed E-state index contributed by atoms with van der Waals surface area (Å²) >= 11 is 1.47. The fourth-order valence-corrected chi connectivity index (χ4v) is 4.31. The van der Waals surface area contributed by atoms with E-state index in [0.717, 1.165) is 20.8 Å². The quantitative estimate of drug-likeness (QED) is 0.496. The first-order chi connectivity index (χ1) is 15.0. The number of thiazole rings is 1. The van der Waals surface area contributed by atoms with Crippen LogP contribution in [-0.4, -0.2) is 26.6 Å². The molecule has 0 atom stereocenters. The van der Waals surface area contributed by atoms with E-state index in [1.165, 1.54) is 17.4 Å². The molecule has 7 nitrogen and oxygen atoms in total. The number of benzene rings is 2. The first kappa shape index (κ1) is 19.3. The van der Waals surface area contributed by atoms with Gasteiger partial charge in [-0.05, 0) is 36.6 Å². The zero-order valence-electron chi connectivity index (χ0n) is 16.3. The monoisotopic (exact) mass is 433 g/mol. The molecule has 0 bridgehead atoms. The molecule has 0 radical (unpaired) electrons. The van der Waals surface area contributed by atoms with Gasteiger partial charge in [0.05, 0.1) is 22.7 Å². The third-order valence-corrected chi connectivity index (χ3v) is 6.10. The molecular weight excluding hydrogens is 417 g/mol. The third-order valence-electron chi connectivity index (χ3n) is 5.08. The van der Waals surface area contributed by atoms with Crippen molar-refractivity contribution in [3.05, 3.63) is 65.1 Å². The van der Waals surface area contributed by atoms with Crippen LogP contribution in [0.1, 0.15) is 29.6 Å². The number of carbonyl (C=O) groups is 1. The van der Waals surface area contributed by atoms with E-state index < -0.39 is 5.54 Å². The van der Waals surface area contributed by atoms with Gasteiger partial charge in [-0.3, -0.25) is 4.79 Å². The van der Waals surface area contributed by atoms with Gasteiger partial charge in [0, 0.05) is 5.56 Å². The van der Waals surface area contributed by atoms with Gasteiger partial charge >= 0.3 is 0 Å². The molecule has 1 aliphatic carbocycles. The van der Waals surface area contributed by atoms with Crippen molar-refractivity contribution in [2.24, 2.45) is 0 Å². The van der Waals surface area contributed by atoms with Crippen molar-refractivity contribution in [1.82, 2.24) is 20.5 Å². The number of amides is 1. The maximum absolute atomic E-state index is 14.1. The summed E-state index contributed by atoms with van der Waals surface area (Å²) in [5, 5.41) is 20.5. The molecule has 1 aliphatic rings. The number of fused-ring (bicyclic) bond motifs is 1. The lowest BCUT2D eigenvalue weighted by Crippen LogP contribution is -2.36. The van der Waals surface area contributed by atoms with Gasteiger partial charge in [-0.2, -0.15) is 5.26 Å². The number of rotatable bonds is 6. The fourth-order valence-electron chi connectivity index (χ4n) is 3.31. The van der Waals surface area contributed by atoms with E-state index in [4.69, 9.17) is 9.68 Å². The minimum atomic E-state index is -0.720. The van der Waals surface area contributed by atoms with Gasteiger partial charge in [0.1, 0.15) is 22.8 Å². The highest BCUT2D eigenvalue weighted by Crippen LogP contribution is 2.34. The molecule has 2 aromatic heterocycles. The lowest BCUT2D eigenvalue weighted by molar-refractivity contribution is -0.121. The first-order valence-corrected chi connectivity index (χ1v) is 10.5. The van der Waals surface area contributed by atoms with Crippen molar-refractivity contribution < 1.29 is 13.6 Å². The SMILES string of the molecule is N#CC1(NC(=O)Cc2nnc(Cc3nc4ccc(-c5ccccc5F)cc4s3)o2)CC1. The molecule has 1 fully saturated rings. The fraction of sp³-hybridized carbons (Fsp3) is 0.227. The average molecular weight is 433 g/mol. The number of nitriles is 1. The Hall–Kier alpha value is -3.64. The second kappa shape index (κ2) is 7.56. The Morgan fingerprint density at radius 1 is 1.23 bits per heavy atom. The lowest BCUT2D eigenvalue weighted by atomic mass is 10.1. The molecule has 31 heavy (non-hydrogen) atoms. The molecule has 1 N–H and O–H groups in total. The van der Waals surface area contributed by atoms with Crippen molar-refractivity contribution in [1.29, 1.82) is 5.26 Å². The van der Waals surface area contributed by atoms with E-state index in [9.17, 15) is 9.18 Å². The maximum Gasteiger partial charge on any atom is 0.230 e. The van der Waals surface area contributed by atoms with Crippen molar-refractivity contribution in [3.8, 4) is 17.2 Å². The molecule has 2 heterocycles. The normalized spacial score (nSPS) is 14.3. The molecule has 0 spiro atoms. The Labute approximate surface area is 180 Å². The Morgan fingerprint density at radius 2 is 2.03 bits per heavy atom. The highest BCUT2D eigenvalue weighted by molar-refractivity contribution is 7.18. The van der Waals surface area contributed by atoms with E-state index in [1.54, 1.807) is 18.2 Å². The van der Waals surface area contributed by atoms with Crippen LogP contribution >= 0.6 is 11.3 Å². The maximum atomic E-state index is 14.1. The number of nitrogens with one attached hydrogen (secondary N) is 1. The molecule has 5 rings (SSSR count). The Bertz CT molecular complexity index is 1340. The first-order valence-electron chi connectivity index (χ1n) is 9.71. The predicted octanol–water partition coefficient (Wildman–Crippen LogP) is 3.79. The van der Waals surface area contributed by atoms with Gasteiger partial charge in [-0.15, -0.1) is 21.5 Å². The number of aromatic nitrogens is 3. The average Bonchev–Trinajstić information content (AvgIpc) is 3.20. The van der Waals surface area contributed by atoms with Crippen LogP contribution in [0.3, 0.4) is 0 Å². The van der Waals surface area contributed by atoms with Gasteiger partial charge in [-0.25, -0.2) is 9.37 Å². The summed E-state index contributed by atoms with van der Waals surface area (Å²) in [5.41, 5.74) is 1.43. The lowest BCUT2D eigenvalue weighted by Gasteiger charge is -2.06. The highest BCUT2D eigenvalue weighted by Gasteiger charge is 2.44. The predicted molar refractivity (Wildman–Crippen MR) is 112 cm³/mol. The summed E-state index contributed by atoms with van der Waals surface area (Å²) in [7, 11) is 0. The van der Waals surface area contributed by atoms with E-state index in [2.05, 4.69) is 26.6 Å². The van der Waals surface area contributed by atoms with E-state index in [1.807, 2.05) is 18.2 Å². The molecule has 1 saturated carbocycles. The van der Waals surface area contributed by atoms with Crippen molar-refractivity contribution in [3.63, 3.8) is 0 Å². The van der Waals surface area contributed by atoms with Gasteiger partial charge in [0.25, 0.3) is 0 Å². The minimum Gasteiger partial charge on any atom is -0.424 e. The molecule has 0 saturated heterocycles. The second-order valence-electron chi connectivity index (χ2n) is 7.46. The second-order valence-corrected chi connectivity index (χ2v) is 8.57. The van der Waals surface area contributed by atoms with Gasteiger partial charge < -0.3 is 9.73 Å². The zero-order valence-corrected chi connectivity index (χ0v) is 17.1. The largest absolute Gasteiger partial charge is 0.424 e. The summed E-state index contributed by atoms with van der Waals surface area (Å²) in [4.78, 5) is 16.6. The molecule has 2 aromatic carbocycles. The van der Waals surface area contributed by atoms with Crippen LogP contribution in [0.25, 0.3) is 21.3 Å². The van der Waals surface area contributed by atoms with E-state index in [-0.39, 0.29) is 24.0 Å². The molecule has 1 amide bonds. The van der Waals surface area contributed by atoms with Crippen LogP contribution in [0.2, 0.25) is 0 Å². The third kappa shape index (κ3) is 4.02. The number of halogens is 1. The van der Waals surface area contributed by atoms with Crippen molar-refractivity contribution in [2.45, 2.75) is 31.2 Å². The number of carbonyl (C=O) groups excluding carboxylic acids is 1. The van der Waals surface area contributed by atoms with Crippen LogP contribution in [-0.2, 0) is 17.6 Å². The number of nitrogens with zero attached hydrogens (tertiary/aromatic N) is 4. The Balaban J connectivity index is 1.29. The number of hydrogen-bond acceptors (Lipinski definition) is 7. The summed E-state index contributed by atoms with van der Waals surface area (Å²) in [6.07, 6.45) is 1.61. The van der Waals surface area contributed by atoms with Crippen LogP contribution in [0.5, 0.6) is 0 Å². The standard InChI is InChI=1S/C22H16FN5O2S/c23-15-4-2-1-3-14(15)13-5-6-16-17(9-13)31-21(25-16)11-20-28-27-19(30-20)10-18(29)26-22(12-24)7-8-22/h1-6,9H,7-8,10-11H2,(H,26,29). The summed E-state index contributed by atoms with van der Waals surface area (Å²) in [6, 6.07) is 14.4. The Kier molecular flexibility index (Phi) is 4.71. The van der Waals surface area contributed by atoms with E-state index >= 15 is 0 Å². The smallest absolute Gasteiger partial charge is 0.230 e. The van der Waals surface area contributed by atoms with Crippen molar-refractivity contribution >= 4 is 27.5 Å². The summed E-state index contributed by atoms with van der Waals surface area (Å²) in [5.74, 6) is -0.0203. The molecule has 154 valence electrons. The van der Waals surface area contributed by atoms with Crippen LogP contribution in [0, 0.1) is 17.1 Å². The zero-order chi connectivity index (χ0) is 21.4. The minimum absolute atomic E-state index is 0.0672. The van der Waals surface area contributed by atoms with Gasteiger partial charge in [0.15, 0.2) is 0 Å².